The topological polar surface area (TPSA) is 91.5 Å². The molecule has 4 amide bonds. The number of halogens is 3. The van der Waals surface area contributed by atoms with Crippen LogP contribution in [0.4, 0.5) is 34.1 Å². The van der Waals surface area contributed by atoms with Gasteiger partial charge in [-0.25, -0.2) is 9.59 Å². The molecule has 4 aromatic carbocycles. The van der Waals surface area contributed by atoms with Crippen LogP contribution in [0.3, 0.4) is 0 Å². The van der Waals surface area contributed by atoms with Crippen LogP contribution < -0.4 is 26.0 Å². The SMILES string of the molecule is COc1cccc(NC(=O)NC(c2ccccc2)C(NC(=O)Nc2ccc(C(F)(F)F)cc2)c2ccccc2)c1. The van der Waals surface area contributed by atoms with Crippen LogP contribution in [-0.2, 0) is 6.18 Å². The summed E-state index contributed by atoms with van der Waals surface area (Å²) in [5, 5.41) is 11.2. The van der Waals surface area contributed by atoms with E-state index in [2.05, 4.69) is 21.3 Å². The number of methoxy groups -OCH3 is 1. The van der Waals surface area contributed by atoms with Crippen molar-refractivity contribution in [2.45, 2.75) is 18.3 Å². The van der Waals surface area contributed by atoms with E-state index in [0.29, 0.717) is 22.6 Å². The molecule has 0 fully saturated rings. The summed E-state index contributed by atoms with van der Waals surface area (Å²) in [5.74, 6) is 0.571. The molecule has 0 aliphatic heterocycles. The predicted octanol–water partition coefficient (Wildman–Crippen LogP) is 7.14. The average Bonchev–Trinajstić information content (AvgIpc) is 2.95. The van der Waals surface area contributed by atoms with Gasteiger partial charge in [0, 0.05) is 17.4 Å². The van der Waals surface area contributed by atoms with E-state index in [1.54, 1.807) is 48.5 Å². The van der Waals surface area contributed by atoms with Crippen molar-refractivity contribution in [1.29, 1.82) is 0 Å². The van der Waals surface area contributed by atoms with Crippen molar-refractivity contribution in [3.63, 3.8) is 0 Å². The number of hydrogen-bond donors (Lipinski definition) is 4. The van der Waals surface area contributed by atoms with Gasteiger partial charge >= 0.3 is 18.2 Å². The van der Waals surface area contributed by atoms with Crippen LogP contribution in [0.15, 0.2) is 109 Å². The third kappa shape index (κ3) is 7.53. The van der Waals surface area contributed by atoms with E-state index in [0.717, 1.165) is 12.1 Å². The van der Waals surface area contributed by atoms with E-state index >= 15 is 0 Å². The summed E-state index contributed by atoms with van der Waals surface area (Å²) in [6, 6.07) is 26.5. The Balaban J connectivity index is 1.59. The third-order valence-corrected chi connectivity index (χ3v) is 6.02. The van der Waals surface area contributed by atoms with Crippen molar-refractivity contribution < 1.29 is 27.5 Å². The van der Waals surface area contributed by atoms with E-state index < -0.39 is 35.9 Å². The minimum Gasteiger partial charge on any atom is -0.497 e. The van der Waals surface area contributed by atoms with Crippen molar-refractivity contribution in [2.24, 2.45) is 0 Å². The number of ether oxygens (including phenoxy) is 1. The van der Waals surface area contributed by atoms with Crippen LogP contribution in [0, 0.1) is 0 Å². The number of carbonyl (C=O) groups is 2. The fourth-order valence-corrected chi connectivity index (χ4v) is 4.10. The second-order valence-electron chi connectivity index (χ2n) is 8.78. The summed E-state index contributed by atoms with van der Waals surface area (Å²) in [4.78, 5) is 26.2. The summed E-state index contributed by atoms with van der Waals surface area (Å²) in [5.41, 5.74) is 1.27. The van der Waals surface area contributed by atoms with Gasteiger partial charge in [0.2, 0.25) is 0 Å². The molecule has 4 N–H and O–H groups in total. The molecule has 0 aliphatic rings. The standard InChI is InChI=1S/C30H27F3N4O3/c1-40-25-14-8-13-24(19-25)35-29(39)37-27(21-11-6-3-7-12-21)26(20-9-4-2-5-10-20)36-28(38)34-23-17-15-22(16-18-23)30(31,32)33/h2-19,26-27H,1H3,(H2,34,36,38)(H2,35,37,39). The Bertz CT molecular complexity index is 1420. The number of nitrogens with one attached hydrogen (secondary N) is 4. The molecule has 2 atom stereocenters. The Kier molecular flexibility index (Phi) is 8.90. The van der Waals surface area contributed by atoms with Crippen LogP contribution in [0.5, 0.6) is 5.75 Å². The van der Waals surface area contributed by atoms with Crippen molar-refractivity contribution in [1.82, 2.24) is 10.6 Å². The van der Waals surface area contributed by atoms with Crippen molar-refractivity contribution in [3.8, 4) is 5.75 Å². The smallest absolute Gasteiger partial charge is 0.416 e. The molecule has 0 aliphatic carbocycles. The Hall–Kier alpha value is -4.99. The lowest BCUT2D eigenvalue weighted by Gasteiger charge is -2.30. The quantitative estimate of drug-likeness (QED) is 0.189. The highest BCUT2D eigenvalue weighted by Gasteiger charge is 2.31. The zero-order valence-electron chi connectivity index (χ0n) is 21.4. The summed E-state index contributed by atoms with van der Waals surface area (Å²) >= 11 is 0. The second kappa shape index (κ2) is 12.7. The lowest BCUT2D eigenvalue weighted by molar-refractivity contribution is -0.137. The molecule has 0 saturated carbocycles. The lowest BCUT2D eigenvalue weighted by atomic mass is 9.93. The zero-order valence-corrected chi connectivity index (χ0v) is 21.4. The molecule has 0 radical (unpaired) electrons. The maximum atomic E-state index is 13.1. The van der Waals surface area contributed by atoms with E-state index in [4.69, 9.17) is 4.74 Å². The van der Waals surface area contributed by atoms with Crippen LogP contribution in [-0.4, -0.2) is 19.2 Å². The number of carbonyl (C=O) groups excluding carboxylic acids is 2. The predicted molar refractivity (Wildman–Crippen MR) is 147 cm³/mol. The zero-order chi connectivity index (χ0) is 28.5. The monoisotopic (exact) mass is 548 g/mol. The molecule has 0 heterocycles. The maximum Gasteiger partial charge on any atom is 0.416 e. The largest absolute Gasteiger partial charge is 0.497 e. The molecule has 0 bridgehead atoms. The van der Waals surface area contributed by atoms with Crippen molar-refractivity contribution >= 4 is 23.4 Å². The normalized spacial score (nSPS) is 12.5. The number of alkyl halides is 3. The molecule has 40 heavy (non-hydrogen) atoms. The van der Waals surface area contributed by atoms with Crippen LogP contribution in [0.25, 0.3) is 0 Å². The summed E-state index contributed by atoms with van der Waals surface area (Å²) in [6.07, 6.45) is -4.49. The molecular formula is C30H27F3N4O3. The van der Waals surface area contributed by atoms with Gasteiger partial charge in [0.05, 0.1) is 24.8 Å². The minimum atomic E-state index is -4.49. The second-order valence-corrected chi connectivity index (χ2v) is 8.78. The first-order valence-corrected chi connectivity index (χ1v) is 12.3. The molecule has 2 unspecified atom stereocenters. The molecular weight excluding hydrogens is 521 g/mol. The Labute approximate surface area is 229 Å². The molecule has 4 aromatic rings. The number of hydrogen-bond acceptors (Lipinski definition) is 3. The number of urea groups is 2. The minimum absolute atomic E-state index is 0.178. The Morgan fingerprint density at radius 2 is 1.15 bits per heavy atom. The van der Waals surface area contributed by atoms with Gasteiger partial charge in [-0.05, 0) is 47.5 Å². The Morgan fingerprint density at radius 3 is 1.62 bits per heavy atom. The van der Waals surface area contributed by atoms with Crippen LogP contribution in [0.2, 0.25) is 0 Å². The highest BCUT2D eigenvalue weighted by Crippen LogP contribution is 2.31. The Morgan fingerprint density at radius 1 is 0.650 bits per heavy atom. The molecule has 4 rings (SSSR count). The van der Waals surface area contributed by atoms with Crippen molar-refractivity contribution in [2.75, 3.05) is 17.7 Å². The van der Waals surface area contributed by atoms with E-state index in [1.807, 2.05) is 36.4 Å². The van der Waals surface area contributed by atoms with E-state index in [1.165, 1.54) is 19.2 Å². The average molecular weight is 549 g/mol. The first kappa shape index (κ1) is 28.0. The molecule has 0 aromatic heterocycles. The summed E-state index contributed by atoms with van der Waals surface area (Å²) < 4.78 is 44.0. The number of benzene rings is 4. The van der Waals surface area contributed by atoms with E-state index in [9.17, 15) is 22.8 Å². The highest BCUT2D eigenvalue weighted by atomic mass is 19.4. The van der Waals surface area contributed by atoms with Gasteiger partial charge in [-0.15, -0.1) is 0 Å². The lowest BCUT2D eigenvalue weighted by Crippen LogP contribution is -2.43. The van der Waals surface area contributed by atoms with Gasteiger partial charge in [-0.1, -0.05) is 66.7 Å². The molecule has 206 valence electrons. The molecule has 0 saturated heterocycles. The maximum absolute atomic E-state index is 13.1. The molecule has 0 spiro atoms. The highest BCUT2D eigenvalue weighted by molar-refractivity contribution is 5.91. The molecule has 10 heteroatoms. The van der Waals surface area contributed by atoms with Crippen LogP contribution in [0.1, 0.15) is 28.8 Å². The van der Waals surface area contributed by atoms with Gasteiger partial charge in [-0.3, -0.25) is 0 Å². The van der Waals surface area contributed by atoms with E-state index in [-0.39, 0.29) is 5.69 Å². The summed E-state index contributed by atoms with van der Waals surface area (Å²) in [6.45, 7) is 0. The van der Waals surface area contributed by atoms with Gasteiger partial charge < -0.3 is 26.0 Å². The third-order valence-electron chi connectivity index (χ3n) is 6.02. The number of amides is 4. The fourth-order valence-electron chi connectivity index (χ4n) is 4.10. The molecule has 7 nitrogen and oxygen atoms in total. The van der Waals surface area contributed by atoms with Gasteiger partial charge in [0.1, 0.15) is 5.75 Å². The van der Waals surface area contributed by atoms with Crippen molar-refractivity contribution in [3.05, 3.63) is 126 Å². The summed E-state index contributed by atoms with van der Waals surface area (Å²) in [7, 11) is 1.52. The van der Waals surface area contributed by atoms with Gasteiger partial charge in [-0.2, -0.15) is 13.2 Å². The van der Waals surface area contributed by atoms with Gasteiger partial charge in [0.15, 0.2) is 0 Å². The van der Waals surface area contributed by atoms with Gasteiger partial charge in [0.25, 0.3) is 0 Å². The number of rotatable bonds is 8. The van der Waals surface area contributed by atoms with Crippen LogP contribution >= 0.6 is 0 Å². The first-order chi connectivity index (χ1) is 19.2. The number of anilines is 2. The fraction of sp³-hybridized carbons (Fsp3) is 0.133. The first-order valence-electron chi connectivity index (χ1n) is 12.3.